The van der Waals surface area contributed by atoms with Crippen LogP contribution in [0, 0.1) is 0 Å². The number of hydrogen-bond acceptors (Lipinski definition) is 7. The van der Waals surface area contributed by atoms with Gasteiger partial charge in [0.2, 0.25) is 0 Å². The molecule has 20 heavy (non-hydrogen) atoms. The van der Waals surface area contributed by atoms with Gasteiger partial charge >= 0.3 is 23.5 Å². The van der Waals surface area contributed by atoms with Gasteiger partial charge in [0.1, 0.15) is 5.75 Å². The topological polar surface area (TPSA) is 125 Å². The second-order valence-electron chi connectivity index (χ2n) is 3.63. The second-order valence-corrected chi connectivity index (χ2v) is 3.86. The Kier molecular flexibility index (Phi) is 6.68. The summed E-state index contributed by atoms with van der Waals surface area (Å²) < 4.78 is 16.9. The molecule has 0 fully saturated rings. The maximum atomic E-state index is 9.76. The number of aliphatic hydroxyl groups excluding tert-OH is 1. The van der Waals surface area contributed by atoms with Gasteiger partial charge in [0.15, 0.2) is 6.35 Å². The molecular formula is C12H13N3O4V. The minimum atomic E-state index is -1.81. The van der Waals surface area contributed by atoms with Gasteiger partial charge < -0.3 is 10.2 Å². The first kappa shape index (κ1) is 16.1. The molecule has 105 valence electrons. The van der Waals surface area contributed by atoms with Gasteiger partial charge in [-0.25, -0.2) is 0 Å². The molecule has 0 heterocycles. The van der Waals surface area contributed by atoms with E-state index < -0.39 is 22.5 Å². The van der Waals surface area contributed by atoms with Crippen molar-refractivity contribution in [3.63, 3.8) is 0 Å². The molecule has 2 rings (SSSR count). The summed E-state index contributed by atoms with van der Waals surface area (Å²) >= 11 is -1.81. The summed E-state index contributed by atoms with van der Waals surface area (Å²) in [6.07, 6.45) is 0.205. The molecule has 1 atom stereocenters. The normalized spacial score (nSPS) is 11.5. The Bertz CT molecular complexity index is 640. The van der Waals surface area contributed by atoms with Gasteiger partial charge in [0.05, 0.1) is 6.21 Å². The Morgan fingerprint density at radius 2 is 1.90 bits per heavy atom. The van der Waals surface area contributed by atoms with E-state index in [1.165, 1.54) is 6.21 Å². The Labute approximate surface area is 121 Å². The monoisotopic (exact) mass is 314 g/mol. The van der Waals surface area contributed by atoms with E-state index >= 15 is 0 Å². The zero-order chi connectivity index (χ0) is 15.0. The number of hydrogen-bond donors (Lipinski definition) is 4. The summed E-state index contributed by atoms with van der Waals surface area (Å²) in [6, 6.07) is 11.1. The third-order valence-electron chi connectivity index (χ3n) is 2.35. The molecule has 0 saturated carbocycles. The van der Waals surface area contributed by atoms with Gasteiger partial charge in [0.25, 0.3) is 0 Å². The first-order chi connectivity index (χ1) is 9.60. The van der Waals surface area contributed by atoms with Crippen molar-refractivity contribution in [2.24, 2.45) is 10.8 Å². The molecule has 0 radical (unpaired) electrons. The van der Waals surface area contributed by atoms with Gasteiger partial charge in [-0.05, 0) is 16.8 Å². The van der Waals surface area contributed by atoms with Crippen LogP contribution in [0.5, 0.6) is 5.75 Å². The summed E-state index contributed by atoms with van der Waals surface area (Å²) in [6.45, 7) is 0. The number of fused-ring (bicyclic) bond motifs is 1. The number of phenolic OH excluding ortho intramolecular Hbond substituents is 1. The van der Waals surface area contributed by atoms with Crippen LogP contribution in [0.3, 0.4) is 0 Å². The van der Waals surface area contributed by atoms with Crippen molar-refractivity contribution in [2.45, 2.75) is 6.35 Å². The van der Waals surface area contributed by atoms with Crippen molar-refractivity contribution in [3.05, 3.63) is 42.0 Å². The average Bonchev–Trinajstić information content (AvgIpc) is 2.42. The molecular weight excluding hydrogens is 301 g/mol. The third kappa shape index (κ3) is 4.63. The van der Waals surface area contributed by atoms with E-state index in [9.17, 15) is 5.11 Å². The molecule has 5 N–H and O–H groups in total. The molecule has 0 aromatic heterocycles. The number of phenols is 1. The van der Waals surface area contributed by atoms with Crippen LogP contribution in [-0.4, -0.2) is 22.8 Å². The number of benzene rings is 2. The van der Waals surface area contributed by atoms with Crippen molar-refractivity contribution < 1.29 is 33.7 Å². The second kappa shape index (κ2) is 8.29. The standard InChI is InChI=1S/C12H13N3O2.2O.V/c13-12(17)15-14-7-10-9-4-2-1-3-8(9)5-6-11(10)16;;;/h1-7,12,15-17H,13H2;;;/b14-7+;;;. The first-order valence-corrected chi connectivity index (χ1v) is 6.62. The number of hydrazone groups is 1. The molecule has 2 aromatic carbocycles. The third-order valence-corrected chi connectivity index (χ3v) is 2.35. The summed E-state index contributed by atoms with van der Waals surface area (Å²) in [5, 5.41) is 24.2. The molecule has 0 spiro atoms. The summed E-state index contributed by atoms with van der Waals surface area (Å²) in [7, 11) is 0. The van der Waals surface area contributed by atoms with Crippen LogP contribution in [0.25, 0.3) is 10.8 Å². The van der Waals surface area contributed by atoms with Crippen molar-refractivity contribution in [1.29, 1.82) is 0 Å². The zero-order valence-corrected chi connectivity index (χ0v) is 11.7. The molecule has 0 aliphatic carbocycles. The number of nitrogens with zero attached hydrogens (tertiary/aromatic N) is 1. The predicted octanol–water partition coefficient (Wildman–Crippen LogP) is 0.463. The van der Waals surface area contributed by atoms with Gasteiger partial charge in [-0.3, -0.25) is 11.2 Å². The molecule has 7 nitrogen and oxygen atoms in total. The van der Waals surface area contributed by atoms with E-state index in [2.05, 4.69) is 10.5 Å². The summed E-state index contributed by atoms with van der Waals surface area (Å²) in [4.78, 5) is 0. The van der Waals surface area contributed by atoms with Crippen LogP contribution in [0.1, 0.15) is 5.56 Å². The van der Waals surface area contributed by atoms with E-state index in [-0.39, 0.29) is 5.75 Å². The van der Waals surface area contributed by atoms with Crippen LogP contribution >= 0.6 is 0 Å². The van der Waals surface area contributed by atoms with Crippen LogP contribution < -0.4 is 11.2 Å². The molecule has 0 amide bonds. The summed E-state index contributed by atoms with van der Waals surface area (Å²) in [5.74, 6) is 0.126. The molecule has 0 aliphatic rings. The van der Waals surface area contributed by atoms with Crippen molar-refractivity contribution in [1.82, 2.24) is 5.43 Å². The number of nitrogens with two attached hydrogens (primary N) is 1. The average molecular weight is 314 g/mol. The molecule has 8 heteroatoms. The minimum absolute atomic E-state index is 0.126. The van der Waals surface area contributed by atoms with Gasteiger partial charge in [-0.15, -0.1) is 0 Å². The van der Waals surface area contributed by atoms with Crippen LogP contribution in [0.4, 0.5) is 0 Å². The quantitative estimate of drug-likeness (QED) is 0.371. The Hall–Kier alpha value is -1.93. The van der Waals surface area contributed by atoms with Crippen LogP contribution in [0.2, 0.25) is 0 Å². The first-order valence-electron chi connectivity index (χ1n) is 5.48. The van der Waals surface area contributed by atoms with Crippen LogP contribution in [0.15, 0.2) is 41.5 Å². The van der Waals surface area contributed by atoms with E-state index in [1.807, 2.05) is 30.3 Å². The number of rotatable bonds is 3. The molecule has 0 aliphatic heterocycles. The fraction of sp³-hybridized carbons (Fsp3) is 0.0833. The van der Waals surface area contributed by atoms with Gasteiger partial charge in [-0.1, -0.05) is 30.3 Å². The van der Waals surface area contributed by atoms with Crippen LogP contribution in [-0.2, 0) is 23.5 Å². The van der Waals surface area contributed by atoms with Crippen molar-refractivity contribution in [3.8, 4) is 5.75 Å². The predicted molar refractivity (Wildman–Crippen MR) is 67.9 cm³/mol. The van der Waals surface area contributed by atoms with E-state index in [0.29, 0.717) is 5.56 Å². The number of nitrogens with one attached hydrogen (secondary N) is 1. The maximum absolute atomic E-state index is 9.76. The fourth-order valence-electron chi connectivity index (χ4n) is 1.60. The molecule has 0 bridgehead atoms. The molecule has 2 aromatic rings. The fourth-order valence-corrected chi connectivity index (χ4v) is 1.60. The van der Waals surface area contributed by atoms with E-state index in [0.717, 1.165) is 10.8 Å². The van der Waals surface area contributed by atoms with Gasteiger partial charge in [-0.2, -0.15) is 5.10 Å². The van der Waals surface area contributed by atoms with Gasteiger partial charge in [0, 0.05) is 5.56 Å². The van der Waals surface area contributed by atoms with E-state index in [4.69, 9.17) is 18.2 Å². The number of aliphatic hydroxyl groups is 1. The Morgan fingerprint density at radius 1 is 1.25 bits per heavy atom. The molecule has 0 saturated heterocycles. The SMILES string of the molecule is NC(O)N/N=C/c1c(O)ccc2ccccc12.[O]=[V]=[O]. The van der Waals surface area contributed by atoms with E-state index in [1.54, 1.807) is 6.07 Å². The summed E-state index contributed by atoms with van der Waals surface area (Å²) in [5.41, 5.74) is 7.93. The Balaban J connectivity index is 0.000000612. The zero-order valence-electron chi connectivity index (χ0n) is 10.3. The Morgan fingerprint density at radius 3 is 2.55 bits per heavy atom. The number of aromatic hydroxyl groups is 1. The van der Waals surface area contributed by atoms with Crippen molar-refractivity contribution >= 4 is 17.0 Å². The molecule has 1 unspecified atom stereocenters. The van der Waals surface area contributed by atoms with Crippen molar-refractivity contribution in [2.75, 3.05) is 0 Å².